The van der Waals surface area contributed by atoms with Crippen LogP contribution in [0, 0.1) is 5.92 Å². The zero-order valence-electron chi connectivity index (χ0n) is 11.7. The van der Waals surface area contributed by atoms with Gasteiger partial charge in [-0.25, -0.2) is 5.84 Å². The van der Waals surface area contributed by atoms with Crippen LogP contribution in [0.15, 0.2) is 24.3 Å². The summed E-state index contributed by atoms with van der Waals surface area (Å²) in [5.74, 6) is 5.53. The Labute approximate surface area is 119 Å². The molecule has 0 aromatic heterocycles. The minimum Gasteiger partial charge on any atom is -0.396 e. The number of likely N-dealkylation sites (tertiary alicyclic amines) is 1. The molecule has 1 aromatic carbocycles. The topological polar surface area (TPSA) is 78.6 Å². The van der Waals surface area contributed by atoms with Crippen molar-refractivity contribution in [1.82, 2.24) is 10.3 Å². The van der Waals surface area contributed by atoms with E-state index in [1.807, 2.05) is 12.1 Å². The van der Waals surface area contributed by atoms with Crippen molar-refractivity contribution in [3.8, 4) is 0 Å². The maximum absolute atomic E-state index is 11.2. The predicted octanol–water partition coefficient (Wildman–Crippen LogP) is 0.423. The fraction of sp³-hybridized carbons (Fsp3) is 0.533. The summed E-state index contributed by atoms with van der Waals surface area (Å²) >= 11 is 0. The van der Waals surface area contributed by atoms with Crippen LogP contribution >= 0.6 is 0 Å². The third-order valence-corrected chi connectivity index (χ3v) is 3.86. The van der Waals surface area contributed by atoms with E-state index in [-0.39, 0.29) is 12.5 Å². The molecule has 0 bridgehead atoms. The number of amides is 1. The lowest BCUT2D eigenvalue weighted by molar-refractivity contribution is -0.120. The molecular formula is C15H23N3O2. The third-order valence-electron chi connectivity index (χ3n) is 3.86. The Kier molecular flexibility index (Phi) is 5.52. The molecule has 1 atom stereocenters. The van der Waals surface area contributed by atoms with Gasteiger partial charge >= 0.3 is 0 Å². The second kappa shape index (κ2) is 7.38. The molecule has 5 heteroatoms. The quantitative estimate of drug-likeness (QED) is 0.400. The molecule has 0 aliphatic carbocycles. The molecule has 110 valence electrons. The number of aliphatic hydroxyl groups is 1. The maximum atomic E-state index is 11.2. The minimum atomic E-state index is -0.177. The number of nitrogens with one attached hydrogen (secondary N) is 1. The van der Waals surface area contributed by atoms with Gasteiger partial charge in [0.15, 0.2) is 0 Å². The lowest BCUT2D eigenvalue weighted by Gasteiger charge is -2.16. The highest BCUT2D eigenvalue weighted by Gasteiger charge is 2.21. The summed E-state index contributed by atoms with van der Waals surface area (Å²) in [6, 6.07) is 8.09. The number of aliphatic hydroxyl groups excluding tert-OH is 1. The van der Waals surface area contributed by atoms with E-state index in [1.54, 1.807) is 0 Å². The van der Waals surface area contributed by atoms with Gasteiger partial charge in [0.2, 0.25) is 5.91 Å². The van der Waals surface area contributed by atoms with Gasteiger partial charge < -0.3 is 5.11 Å². The van der Waals surface area contributed by atoms with E-state index in [4.69, 9.17) is 10.9 Å². The molecule has 5 nitrogen and oxygen atoms in total. The maximum Gasteiger partial charge on any atom is 0.238 e. The van der Waals surface area contributed by atoms with Crippen molar-refractivity contribution in [3.63, 3.8) is 0 Å². The smallest absolute Gasteiger partial charge is 0.238 e. The Morgan fingerprint density at radius 1 is 1.35 bits per heavy atom. The summed E-state index contributed by atoms with van der Waals surface area (Å²) in [4.78, 5) is 13.6. The molecule has 1 fully saturated rings. The molecule has 1 unspecified atom stereocenters. The van der Waals surface area contributed by atoms with E-state index in [2.05, 4.69) is 22.5 Å². The molecular weight excluding hydrogens is 254 g/mol. The van der Waals surface area contributed by atoms with Crippen molar-refractivity contribution in [3.05, 3.63) is 35.4 Å². The van der Waals surface area contributed by atoms with Crippen LogP contribution in [0.5, 0.6) is 0 Å². The SMILES string of the molecule is NNC(=O)Cc1ccc(CN2CCC(CCO)C2)cc1. The predicted molar refractivity (Wildman–Crippen MR) is 77.6 cm³/mol. The molecule has 1 aliphatic rings. The molecule has 20 heavy (non-hydrogen) atoms. The van der Waals surface area contributed by atoms with Crippen molar-refractivity contribution in [2.45, 2.75) is 25.8 Å². The van der Waals surface area contributed by atoms with Crippen LogP contribution in [0.1, 0.15) is 24.0 Å². The summed E-state index contributed by atoms with van der Waals surface area (Å²) < 4.78 is 0. The summed E-state index contributed by atoms with van der Waals surface area (Å²) in [6.45, 7) is 3.39. The molecule has 1 amide bonds. The van der Waals surface area contributed by atoms with Gasteiger partial charge in [0.1, 0.15) is 0 Å². The number of hydrazine groups is 1. The molecule has 0 spiro atoms. The number of benzene rings is 1. The summed E-state index contributed by atoms with van der Waals surface area (Å²) in [7, 11) is 0. The summed E-state index contributed by atoms with van der Waals surface area (Å²) in [5, 5.41) is 8.97. The van der Waals surface area contributed by atoms with Crippen molar-refractivity contribution in [2.75, 3.05) is 19.7 Å². The number of hydrogen-bond acceptors (Lipinski definition) is 4. The first kappa shape index (κ1) is 15.0. The Morgan fingerprint density at radius 2 is 2.05 bits per heavy atom. The lowest BCUT2D eigenvalue weighted by Crippen LogP contribution is -2.31. The zero-order valence-corrected chi connectivity index (χ0v) is 11.7. The van der Waals surface area contributed by atoms with Crippen molar-refractivity contribution >= 4 is 5.91 Å². The summed E-state index contributed by atoms with van der Waals surface area (Å²) in [6.07, 6.45) is 2.40. The van der Waals surface area contributed by atoms with Crippen molar-refractivity contribution in [2.24, 2.45) is 11.8 Å². The third kappa shape index (κ3) is 4.30. The Morgan fingerprint density at radius 3 is 2.70 bits per heavy atom. The molecule has 1 aliphatic heterocycles. The fourth-order valence-corrected chi connectivity index (χ4v) is 2.73. The van der Waals surface area contributed by atoms with E-state index >= 15 is 0 Å². The van der Waals surface area contributed by atoms with Crippen LogP contribution in [0.25, 0.3) is 0 Å². The number of carbonyl (C=O) groups excluding carboxylic acids is 1. The minimum absolute atomic E-state index is 0.177. The van der Waals surface area contributed by atoms with Crippen LogP contribution in [-0.2, 0) is 17.8 Å². The van der Waals surface area contributed by atoms with Gasteiger partial charge in [-0.15, -0.1) is 0 Å². The lowest BCUT2D eigenvalue weighted by atomic mass is 10.1. The van der Waals surface area contributed by atoms with Crippen LogP contribution in [0.2, 0.25) is 0 Å². The Hall–Kier alpha value is -1.43. The van der Waals surface area contributed by atoms with Crippen LogP contribution in [-0.4, -0.2) is 35.6 Å². The van der Waals surface area contributed by atoms with Gasteiger partial charge in [-0.1, -0.05) is 24.3 Å². The van der Waals surface area contributed by atoms with Gasteiger partial charge in [-0.05, 0) is 36.4 Å². The normalized spacial score (nSPS) is 19.2. The molecule has 1 saturated heterocycles. The van der Waals surface area contributed by atoms with E-state index in [0.29, 0.717) is 12.3 Å². The zero-order chi connectivity index (χ0) is 14.4. The Bertz CT molecular complexity index is 433. The van der Waals surface area contributed by atoms with Gasteiger partial charge in [-0.2, -0.15) is 0 Å². The van der Waals surface area contributed by atoms with Gasteiger partial charge in [0, 0.05) is 19.7 Å². The van der Waals surface area contributed by atoms with E-state index in [9.17, 15) is 4.79 Å². The molecule has 0 radical (unpaired) electrons. The number of nitrogens with two attached hydrogens (primary N) is 1. The highest BCUT2D eigenvalue weighted by molar-refractivity contribution is 5.77. The van der Waals surface area contributed by atoms with E-state index in [1.165, 1.54) is 12.0 Å². The standard InChI is InChI=1S/C15H23N3O2/c16-17-15(20)9-12-1-3-13(4-2-12)10-18-7-5-14(11-18)6-8-19/h1-4,14,19H,5-11,16H2,(H,17,20). The monoisotopic (exact) mass is 277 g/mol. The van der Waals surface area contributed by atoms with Crippen LogP contribution in [0.4, 0.5) is 0 Å². The molecule has 4 N–H and O–H groups in total. The second-order valence-corrected chi connectivity index (χ2v) is 5.46. The van der Waals surface area contributed by atoms with Gasteiger partial charge in [0.05, 0.1) is 6.42 Å². The number of carbonyl (C=O) groups is 1. The van der Waals surface area contributed by atoms with Crippen molar-refractivity contribution in [1.29, 1.82) is 0 Å². The Balaban J connectivity index is 1.83. The summed E-state index contributed by atoms with van der Waals surface area (Å²) in [5.41, 5.74) is 4.36. The molecule has 2 rings (SSSR count). The molecule has 1 heterocycles. The highest BCUT2D eigenvalue weighted by atomic mass is 16.3. The molecule has 0 saturated carbocycles. The average molecular weight is 277 g/mol. The first-order chi connectivity index (χ1) is 9.71. The first-order valence-electron chi connectivity index (χ1n) is 7.11. The fourth-order valence-electron chi connectivity index (χ4n) is 2.73. The average Bonchev–Trinajstić information content (AvgIpc) is 2.88. The highest BCUT2D eigenvalue weighted by Crippen LogP contribution is 2.21. The second-order valence-electron chi connectivity index (χ2n) is 5.46. The van der Waals surface area contributed by atoms with Crippen LogP contribution in [0.3, 0.4) is 0 Å². The molecule has 1 aromatic rings. The van der Waals surface area contributed by atoms with E-state index < -0.39 is 0 Å². The van der Waals surface area contributed by atoms with Gasteiger partial charge in [0.25, 0.3) is 0 Å². The first-order valence-corrected chi connectivity index (χ1v) is 7.11. The number of nitrogens with zero attached hydrogens (tertiary/aromatic N) is 1. The van der Waals surface area contributed by atoms with Crippen molar-refractivity contribution < 1.29 is 9.90 Å². The number of rotatable bonds is 6. The number of hydrogen-bond donors (Lipinski definition) is 3. The van der Waals surface area contributed by atoms with Crippen LogP contribution < -0.4 is 11.3 Å². The largest absolute Gasteiger partial charge is 0.396 e. The van der Waals surface area contributed by atoms with Gasteiger partial charge in [-0.3, -0.25) is 15.1 Å². The van der Waals surface area contributed by atoms with E-state index in [0.717, 1.165) is 31.6 Å².